The van der Waals surface area contributed by atoms with Crippen molar-refractivity contribution in [2.24, 2.45) is 0 Å². The maximum atomic E-state index is 11.9. The third-order valence-corrected chi connectivity index (χ3v) is 3.20. The minimum absolute atomic E-state index is 0.00343. The number of carbonyl (C=O) groups excluding carboxylic acids is 1. The van der Waals surface area contributed by atoms with Crippen molar-refractivity contribution < 1.29 is 9.53 Å². The van der Waals surface area contributed by atoms with Crippen LogP contribution in [0.25, 0.3) is 0 Å². The molecule has 0 bridgehead atoms. The van der Waals surface area contributed by atoms with E-state index in [1.807, 2.05) is 24.3 Å². The zero-order chi connectivity index (χ0) is 10.3. The number of hydrogen-bond acceptors (Lipinski definition) is 3. The molecule has 1 N–H and O–H groups in total. The molecule has 3 rings (SSSR count). The summed E-state index contributed by atoms with van der Waals surface area (Å²) in [4.78, 5) is 11.9. The number of rotatable bonds is 0. The molecule has 78 valence electrons. The van der Waals surface area contributed by atoms with Crippen LogP contribution in [0.4, 0.5) is 0 Å². The normalized spacial score (nSPS) is 28.9. The van der Waals surface area contributed by atoms with Gasteiger partial charge < -0.3 is 10.1 Å². The zero-order valence-electron chi connectivity index (χ0n) is 8.40. The van der Waals surface area contributed by atoms with Gasteiger partial charge in [-0.1, -0.05) is 18.2 Å². The first-order valence-corrected chi connectivity index (χ1v) is 5.34. The van der Waals surface area contributed by atoms with Gasteiger partial charge in [-0.2, -0.15) is 0 Å². The third-order valence-electron chi connectivity index (χ3n) is 3.20. The molecule has 1 aromatic rings. The molecular formula is C12H13NO2. The van der Waals surface area contributed by atoms with E-state index in [2.05, 4.69) is 5.32 Å². The fourth-order valence-electron chi connectivity index (χ4n) is 2.47. The number of fused-ring (bicyclic) bond motifs is 3. The Morgan fingerprint density at radius 2 is 2.20 bits per heavy atom. The van der Waals surface area contributed by atoms with Gasteiger partial charge in [0.2, 0.25) is 0 Å². The van der Waals surface area contributed by atoms with Crippen molar-refractivity contribution >= 4 is 5.78 Å². The molecule has 1 aromatic carbocycles. The molecule has 3 nitrogen and oxygen atoms in total. The van der Waals surface area contributed by atoms with Gasteiger partial charge in [0.15, 0.2) is 0 Å². The molecule has 0 aliphatic carbocycles. The van der Waals surface area contributed by atoms with Crippen LogP contribution in [-0.4, -0.2) is 25.0 Å². The molecule has 0 saturated carbocycles. The van der Waals surface area contributed by atoms with Crippen LogP contribution in [0, 0.1) is 0 Å². The topological polar surface area (TPSA) is 38.3 Å². The highest BCUT2D eigenvalue weighted by Crippen LogP contribution is 2.36. The molecule has 15 heavy (non-hydrogen) atoms. The van der Waals surface area contributed by atoms with Crippen LogP contribution in [0.15, 0.2) is 24.3 Å². The summed E-state index contributed by atoms with van der Waals surface area (Å²) in [5.74, 6) is 1.22. The lowest BCUT2D eigenvalue weighted by Gasteiger charge is -2.36. The quantitative estimate of drug-likeness (QED) is 0.686. The number of nitrogens with one attached hydrogen (secondary N) is 1. The Morgan fingerprint density at radius 3 is 3.13 bits per heavy atom. The van der Waals surface area contributed by atoms with Crippen LogP contribution >= 0.6 is 0 Å². The molecule has 0 amide bonds. The summed E-state index contributed by atoms with van der Waals surface area (Å²) in [6.07, 6.45) is 0.634. The standard InChI is InChI=1S/C12H13NO2/c14-10-5-6-13-9-7-15-11-4-2-1-3-8(11)12(9)10/h1-4,9,12-13H,5-7H2. The Balaban J connectivity index is 2.06. The summed E-state index contributed by atoms with van der Waals surface area (Å²) < 4.78 is 5.63. The Labute approximate surface area is 88.4 Å². The van der Waals surface area contributed by atoms with E-state index in [-0.39, 0.29) is 12.0 Å². The summed E-state index contributed by atoms with van der Waals surface area (Å²) in [6.45, 7) is 1.39. The van der Waals surface area contributed by atoms with Crippen molar-refractivity contribution in [3.05, 3.63) is 29.8 Å². The van der Waals surface area contributed by atoms with E-state index in [1.165, 1.54) is 0 Å². The van der Waals surface area contributed by atoms with Crippen molar-refractivity contribution in [3.8, 4) is 5.75 Å². The number of carbonyl (C=O) groups is 1. The van der Waals surface area contributed by atoms with Crippen molar-refractivity contribution in [1.29, 1.82) is 0 Å². The third kappa shape index (κ3) is 1.35. The summed E-state index contributed by atoms with van der Waals surface area (Å²) in [5.41, 5.74) is 1.05. The van der Waals surface area contributed by atoms with Gasteiger partial charge in [-0.15, -0.1) is 0 Å². The molecule has 1 fully saturated rings. The molecule has 0 aromatic heterocycles. The predicted molar refractivity (Wildman–Crippen MR) is 56.1 cm³/mol. The molecule has 1 saturated heterocycles. The summed E-state index contributed by atoms with van der Waals surface area (Å²) >= 11 is 0. The van der Waals surface area contributed by atoms with Gasteiger partial charge in [-0.3, -0.25) is 4.79 Å². The Bertz CT molecular complexity index is 402. The number of para-hydroxylation sites is 1. The van der Waals surface area contributed by atoms with E-state index in [0.717, 1.165) is 17.9 Å². The molecule has 3 heteroatoms. The van der Waals surface area contributed by atoms with Gasteiger partial charge in [0, 0.05) is 18.5 Å². The SMILES string of the molecule is O=C1CCNC2COc3ccccc3C12. The van der Waals surface area contributed by atoms with E-state index in [4.69, 9.17) is 4.74 Å². The number of hydrogen-bond donors (Lipinski definition) is 1. The average Bonchev–Trinajstić information content (AvgIpc) is 2.29. The lowest BCUT2D eigenvalue weighted by molar-refractivity contribution is -0.123. The Kier molecular flexibility index (Phi) is 1.99. The maximum Gasteiger partial charge on any atom is 0.143 e. The minimum atomic E-state index is 0.00343. The number of ketones is 1. The van der Waals surface area contributed by atoms with Crippen LogP contribution in [0.2, 0.25) is 0 Å². The van der Waals surface area contributed by atoms with E-state index in [1.54, 1.807) is 0 Å². The van der Waals surface area contributed by atoms with Crippen molar-refractivity contribution in [2.75, 3.05) is 13.2 Å². The van der Waals surface area contributed by atoms with E-state index in [9.17, 15) is 4.79 Å². The van der Waals surface area contributed by atoms with E-state index < -0.39 is 0 Å². The largest absolute Gasteiger partial charge is 0.492 e. The van der Waals surface area contributed by atoms with Crippen LogP contribution in [0.3, 0.4) is 0 Å². The number of piperidine rings is 1. The summed E-state index contributed by atoms with van der Waals surface area (Å²) in [5, 5.41) is 3.35. The lowest BCUT2D eigenvalue weighted by Crippen LogP contribution is -2.50. The fourth-order valence-corrected chi connectivity index (χ4v) is 2.47. The molecule has 0 spiro atoms. The molecule has 2 aliphatic rings. The maximum absolute atomic E-state index is 11.9. The Morgan fingerprint density at radius 1 is 1.33 bits per heavy atom. The fraction of sp³-hybridized carbons (Fsp3) is 0.417. The summed E-state index contributed by atoms with van der Waals surface area (Å²) in [7, 11) is 0. The second kappa shape index (κ2) is 3.35. The highest BCUT2D eigenvalue weighted by atomic mass is 16.5. The molecular weight excluding hydrogens is 190 g/mol. The van der Waals surface area contributed by atoms with Crippen LogP contribution in [0.1, 0.15) is 17.9 Å². The van der Waals surface area contributed by atoms with Gasteiger partial charge in [-0.25, -0.2) is 0 Å². The number of benzene rings is 1. The highest BCUT2D eigenvalue weighted by Gasteiger charge is 2.37. The second-order valence-corrected chi connectivity index (χ2v) is 4.10. The van der Waals surface area contributed by atoms with Crippen LogP contribution < -0.4 is 10.1 Å². The van der Waals surface area contributed by atoms with E-state index in [0.29, 0.717) is 18.8 Å². The predicted octanol–water partition coefficient (Wildman–Crippen LogP) is 1.09. The minimum Gasteiger partial charge on any atom is -0.492 e. The average molecular weight is 203 g/mol. The number of Topliss-reactive ketones (excluding diaryl/α,β-unsaturated/α-hetero) is 1. The molecule has 2 atom stereocenters. The molecule has 0 radical (unpaired) electrons. The molecule has 2 heterocycles. The lowest BCUT2D eigenvalue weighted by atomic mass is 9.82. The first kappa shape index (κ1) is 8.92. The highest BCUT2D eigenvalue weighted by molar-refractivity contribution is 5.88. The van der Waals surface area contributed by atoms with Gasteiger partial charge in [0.1, 0.15) is 18.1 Å². The smallest absolute Gasteiger partial charge is 0.143 e. The number of ether oxygens (including phenoxy) is 1. The van der Waals surface area contributed by atoms with Gasteiger partial charge in [0.05, 0.1) is 12.0 Å². The van der Waals surface area contributed by atoms with Crippen molar-refractivity contribution in [1.82, 2.24) is 5.32 Å². The molecule has 2 aliphatic heterocycles. The first-order chi connectivity index (χ1) is 7.36. The molecule has 2 unspecified atom stereocenters. The van der Waals surface area contributed by atoms with Gasteiger partial charge in [-0.05, 0) is 6.07 Å². The second-order valence-electron chi connectivity index (χ2n) is 4.10. The van der Waals surface area contributed by atoms with Crippen molar-refractivity contribution in [3.63, 3.8) is 0 Å². The summed E-state index contributed by atoms with van der Waals surface area (Å²) in [6, 6.07) is 8.01. The zero-order valence-corrected chi connectivity index (χ0v) is 8.40. The first-order valence-electron chi connectivity index (χ1n) is 5.34. The van der Waals surface area contributed by atoms with Gasteiger partial charge in [0.25, 0.3) is 0 Å². The van der Waals surface area contributed by atoms with Gasteiger partial charge >= 0.3 is 0 Å². The monoisotopic (exact) mass is 203 g/mol. The van der Waals surface area contributed by atoms with E-state index >= 15 is 0 Å². The van der Waals surface area contributed by atoms with Crippen molar-refractivity contribution in [2.45, 2.75) is 18.4 Å². The van der Waals surface area contributed by atoms with Crippen LogP contribution in [-0.2, 0) is 4.79 Å². The van der Waals surface area contributed by atoms with Crippen LogP contribution in [0.5, 0.6) is 5.75 Å². The Hall–Kier alpha value is -1.35.